The number of aromatic nitrogens is 2. The lowest BCUT2D eigenvalue weighted by atomic mass is 9.88. The van der Waals surface area contributed by atoms with Crippen molar-refractivity contribution in [3.8, 4) is 0 Å². The fourth-order valence-corrected chi connectivity index (χ4v) is 4.47. The molecule has 24 heavy (non-hydrogen) atoms. The van der Waals surface area contributed by atoms with Crippen molar-refractivity contribution < 1.29 is 4.79 Å². The van der Waals surface area contributed by atoms with Crippen molar-refractivity contribution in [1.82, 2.24) is 15.1 Å². The van der Waals surface area contributed by atoms with E-state index in [9.17, 15) is 4.79 Å². The maximum atomic E-state index is 13.2. The van der Waals surface area contributed by atoms with Gasteiger partial charge in [-0.25, -0.2) is 0 Å². The Morgan fingerprint density at radius 3 is 3.08 bits per heavy atom. The molecule has 120 valence electrons. The van der Waals surface area contributed by atoms with Gasteiger partial charge in [0.1, 0.15) is 0 Å². The van der Waals surface area contributed by atoms with Crippen LogP contribution in [0.4, 0.5) is 0 Å². The first-order valence-electron chi connectivity index (χ1n) is 8.63. The summed E-state index contributed by atoms with van der Waals surface area (Å²) in [6.45, 7) is 0.856. The summed E-state index contributed by atoms with van der Waals surface area (Å²) in [5, 5.41) is 8.04. The van der Waals surface area contributed by atoms with Crippen LogP contribution in [0.2, 0.25) is 0 Å². The van der Waals surface area contributed by atoms with Crippen molar-refractivity contribution in [3.05, 3.63) is 65.4 Å². The first kappa shape index (κ1) is 13.8. The zero-order chi connectivity index (χ0) is 16.1. The van der Waals surface area contributed by atoms with E-state index in [0.29, 0.717) is 12.0 Å². The van der Waals surface area contributed by atoms with Crippen LogP contribution in [0.3, 0.4) is 0 Å². The minimum Gasteiger partial charge on any atom is -0.335 e. The number of hydrogen-bond acceptors (Lipinski definition) is 2. The Labute approximate surface area is 140 Å². The highest BCUT2D eigenvalue weighted by Crippen LogP contribution is 2.42. The third-order valence-electron chi connectivity index (χ3n) is 5.61. The molecule has 1 fully saturated rings. The SMILES string of the molecule is O=C(c1ccc2cn[nH]c2c1)N1CCC[C@@H]2c3ccccc3C[C@@H]21. The molecule has 4 nitrogen and oxygen atoms in total. The zero-order valence-corrected chi connectivity index (χ0v) is 13.4. The summed E-state index contributed by atoms with van der Waals surface area (Å²) < 4.78 is 0. The van der Waals surface area contributed by atoms with Gasteiger partial charge >= 0.3 is 0 Å². The van der Waals surface area contributed by atoms with Crippen LogP contribution in [0.1, 0.15) is 40.2 Å². The van der Waals surface area contributed by atoms with Crippen molar-refractivity contribution in [3.63, 3.8) is 0 Å². The molecule has 1 aliphatic carbocycles. The van der Waals surface area contributed by atoms with Gasteiger partial charge in [0.05, 0.1) is 11.7 Å². The van der Waals surface area contributed by atoms with Gasteiger partial charge in [0.25, 0.3) is 5.91 Å². The van der Waals surface area contributed by atoms with Crippen LogP contribution in [0.5, 0.6) is 0 Å². The Balaban J connectivity index is 1.49. The fourth-order valence-electron chi connectivity index (χ4n) is 4.47. The first-order chi connectivity index (χ1) is 11.8. The minimum atomic E-state index is 0.147. The highest BCUT2D eigenvalue weighted by atomic mass is 16.2. The molecular formula is C20H19N3O. The summed E-state index contributed by atoms with van der Waals surface area (Å²) in [5.74, 6) is 0.642. The predicted octanol–water partition coefficient (Wildman–Crippen LogP) is 3.51. The normalized spacial score (nSPS) is 22.4. The molecule has 2 heterocycles. The van der Waals surface area contributed by atoms with Gasteiger partial charge in [0, 0.05) is 29.5 Å². The van der Waals surface area contributed by atoms with Crippen LogP contribution in [-0.4, -0.2) is 33.6 Å². The van der Waals surface area contributed by atoms with Crippen molar-refractivity contribution in [2.24, 2.45) is 0 Å². The molecule has 4 heteroatoms. The van der Waals surface area contributed by atoms with Gasteiger partial charge in [-0.15, -0.1) is 0 Å². The number of benzene rings is 2. The Morgan fingerprint density at radius 2 is 2.12 bits per heavy atom. The van der Waals surface area contributed by atoms with Crippen LogP contribution in [0.25, 0.3) is 10.9 Å². The molecular weight excluding hydrogens is 298 g/mol. The minimum absolute atomic E-state index is 0.147. The Kier molecular flexibility index (Phi) is 2.98. The predicted molar refractivity (Wildman–Crippen MR) is 93.0 cm³/mol. The van der Waals surface area contributed by atoms with Crippen LogP contribution >= 0.6 is 0 Å². The second kappa shape index (κ2) is 5.20. The molecule has 5 rings (SSSR count). The molecule has 3 aromatic rings. The quantitative estimate of drug-likeness (QED) is 0.746. The molecule has 0 saturated carbocycles. The lowest BCUT2D eigenvalue weighted by Gasteiger charge is -2.38. The molecule has 1 aliphatic heterocycles. The molecule has 0 bridgehead atoms. The number of carbonyl (C=O) groups is 1. The number of nitrogens with zero attached hydrogens (tertiary/aromatic N) is 2. The molecule has 0 radical (unpaired) electrons. The maximum Gasteiger partial charge on any atom is 0.254 e. The molecule has 1 N–H and O–H groups in total. The lowest BCUT2D eigenvalue weighted by Crippen LogP contribution is -2.46. The van der Waals surface area contributed by atoms with Crippen molar-refractivity contribution in [2.75, 3.05) is 6.54 Å². The second-order valence-corrected chi connectivity index (χ2v) is 6.89. The van der Waals surface area contributed by atoms with E-state index in [2.05, 4.69) is 39.4 Å². The number of fused-ring (bicyclic) bond motifs is 4. The van der Waals surface area contributed by atoms with E-state index in [1.54, 1.807) is 6.20 Å². The average molecular weight is 317 g/mol. The molecule has 2 aliphatic rings. The summed E-state index contributed by atoms with van der Waals surface area (Å²) in [5.41, 5.74) is 4.53. The number of rotatable bonds is 1. The number of hydrogen-bond donors (Lipinski definition) is 1. The van der Waals surface area contributed by atoms with Crippen molar-refractivity contribution in [1.29, 1.82) is 0 Å². The van der Waals surface area contributed by atoms with Crippen molar-refractivity contribution >= 4 is 16.8 Å². The number of aromatic amines is 1. The summed E-state index contributed by atoms with van der Waals surface area (Å²) in [7, 11) is 0. The number of likely N-dealkylation sites (tertiary alicyclic amines) is 1. The van der Waals surface area contributed by atoms with Gasteiger partial charge in [0.2, 0.25) is 0 Å². The fraction of sp³-hybridized carbons (Fsp3) is 0.300. The monoisotopic (exact) mass is 317 g/mol. The van der Waals surface area contributed by atoms with E-state index in [1.807, 2.05) is 18.2 Å². The van der Waals surface area contributed by atoms with Crippen LogP contribution < -0.4 is 0 Å². The molecule has 2 aromatic carbocycles. The van der Waals surface area contributed by atoms with Gasteiger partial charge in [-0.3, -0.25) is 9.89 Å². The molecule has 2 atom stereocenters. The summed E-state index contributed by atoms with van der Waals surface area (Å²) in [4.78, 5) is 15.3. The van der Waals surface area contributed by atoms with Crippen LogP contribution in [0, 0.1) is 0 Å². The van der Waals surface area contributed by atoms with Gasteiger partial charge in [-0.1, -0.05) is 30.3 Å². The zero-order valence-electron chi connectivity index (χ0n) is 13.4. The van der Waals surface area contributed by atoms with E-state index in [-0.39, 0.29) is 5.91 Å². The van der Waals surface area contributed by atoms with E-state index >= 15 is 0 Å². The maximum absolute atomic E-state index is 13.2. The molecule has 1 aromatic heterocycles. The standard InChI is InChI=1S/C20H19N3O/c24-20(14-7-8-15-12-21-22-18(15)10-14)23-9-3-6-17-16-5-2-1-4-13(16)11-19(17)23/h1-2,4-5,7-8,10,12,17,19H,3,6,9,11H2,(H,21,22)/t17-,19+/m1/s1. The number of H-pyrrole nitrogens is 1. The van der Waals surface area contributed by atoms with Gasteiger partial charge in [-0.2, -0.15) is 5.10 Å². The summed E-state index contributed by atoms with van der Waals surface area (Å²) in [6.07, 6.45) is 5.03. The van der Waals surface area contributed by atoms with E-state index in [4.69, 9.17) is 0 Å². The summed E-state index contributed by atoms with van der Waals surface area (Å²) in [6, 6.07) is 14.8. The number of amides is 1. The average Bonchev–Trinajstić information content (AvgIpc) is 3.24. The largest absolute Gasteiger partial charge is 0.335 e. The Morgan fingerprint density at radius 1 is 1.21 bits per heavy atom. The van der Waals surface area contributed by atoms with Gasteiger partial charge in [0.15, 0.2) is 0 Å². The molecule has 1 saturated heterocycles. The number of nitrogens with one attached hydrogen (secondary N) is 1. The highest BCUT2D eigenvalue weighted by molar-refractivity contribution is 5.98. The second-order valence-electron chi connectivity index (χ2n) is 6.89. The lowest BCUT2D eigenvalue weighted by molar-refractivity contribution is 0.0595. The molecule has 1 amide bonds. The van der Waals surface area contributed by atoms with Gasteiger partial charge in [-0.05, 0) is 42.5 Å². The van der Waals surface area contributed by atoms with Crippen LogP contribution in [0.15, 0.2) is 48.7 Å². The summed E-state index contributed by atoms with van der Waals surface area (Å²) >= 11 is 0. The highest BCUT2D eigenvalue weighted by Gasteiger charge is 2.40. The molecule has 0 spiro atoms. The van der Waals surface area contributed by atoms with E-state index < -0.39 is 0 Å². The van der Waals surface area contributed by atoms with Crippen molar-refractivity contribution in [2.45, 2.75) is 31.2 Å². The molecule has 0 unspecified atom stereocenters. The first-order valence-corrected chi connectivity index (χ1v) is 8.63. The third kappa shape index (κ3) is 1.99. The smallest absolute Gasteiger partial charge is 0.254 e. The topological polar surface area (TPSA) is 49.0 Å². The number of carbonyl (C=O) groups excluding carboxylic acids is 1. The number of piperidine rings is 1. The van der Waals surface area contributed by atoms with Gasteiger partial charge < -0.3 is 4.90 Å². The third-order valence-corrected chi connectivity index (χ3v) is 5.61. The van der Waals surface area contributed by atoms with E-state index in [0.717, 1.165) is 35.9 Å². The van der Waals surface area contributed by atoms with Crippen LogP contribution in [-0.2, 0) is 6.42 Å². The Bertz CT molecular complexity index is 929. The van der Waals surface area contributed by atoms with E-state index in [1.165, 1.54) is 17.5 Å². The Hall–Kier alpha value is -2.62.